The summed E-state index contributed by atoms with van der Waals surface area (Å²) in [6.45, 7) is 1.00. The molecule has 0 aromatic heterocycles. The Bertz CT molecular complexity index is 329. The maximum absolute atomic E-state index is 8.01. The van der Waals surface area contributed by atoms with E-state index in [4.69, 9.17) is 6.85 Å². The predicted molar refractivity (Wildman–Crippen MR) is 60.5 cm³/mol. The lowest BCUT2D eigenvalue weighted by Gasteiger charge is -2.40. The lowest BCUT2D eigenvalue weighted by molar-refractivity contribution is 0.0849. The standard InChI is InChI=1S/C12H24N2/c1-4-13-8-5-6-12-11(13)7-9-14(12)10(2)3/h10-12H,4-9H2,1-3H3/i1D3,4D2. The second-order valence-corrected chi connectivity index (χ2v) is 4.70. The zero-order valence-electron chi connectivity index (χ0n) is 14.2. The highest BCUT2D eigenvalue weighted by Gasteiger charge is 2.39. The summed E-state index contributed by atoms with van der Waals surface area (Å²) in [6.07, 6.45) is 2.80. The Kier molecular flexibility index (Phi) is 1.75. The SMILES string of the molecule is [2H]C([2H])([2H])C([2H])([2H])N1CCCC2C1CCN2C(C)C. The van der Waals surface area contributed by atoms with Crippen LogP contribution in [0.1, 0.15) is 46.8 Å². The van der Waals surface area contributed by atoms with Crippen LogP contribution in [0.4, 0.5) is 0 Å². The molecule has 2 fully saturated rings. The highest BCUT2D eigenvalue weighted by Crippen LogP contribution is 2.31. The average Bonchev–Trinajstić information content (AvgIpc) is 2.70. The van der Waals surface area contributed by atoms with E-state index in [0.29, 0.717) is 18.6 Å². The molecule has 2 atom stereocenters. The molecule has 82 valence electrons. The quantitative estimate of drug-likeness (QED) is 0.674. The van der Waals surface area contributed by atoms with Crippen LogP contribution >= 0.6 is 0 Å². The van der Waals surface area contributed by atoms with Crippen molar-refractivity contribution in [3.63, 3.8) is 0 Å². The van der Waals surface area contributed by atoms with E-state index in [1.807, 2.05) is 0 Å². The number of fused-ring (bicyclic) bond motifs is 1. The van der Waals surface area contributed by atoms with Gasteiger partial charge in [-0.2, -0.15) is 0 Å². The van der Waals surface area contributed by atoms with E-state index in [9.17, 15) is 0 Å². The molecule has 0 spiro atoms. The van der Waals surface area contributed by atoms with Crippen LogP contribution in [-0.2, 0) is 0 Å². The first-order valence-corrected chi connectivity index (χ1v) is 5.69. The van der Waals surface area contributed by atoms with Gasteiger partial charge in [-0.3, -0.25) is 9.80 Å². The summed E-state index contributed by atoms with van der Waals surface area (Å²) in [5, 5.41) is 0. The Morgan fingerprint density at radius 3 is 2.93 bits per heavy atom. The maximum atomic E-state index is 8.01. The molecule has 2 nitrogen and oxygen atoms in total. The van der Waals surface area contributed by atoms with Crippen molar-refractivity contribution >= 4 is 0 Å². The van der Waals surface area contributed by atoms with Gasteiger partial charge in [0.05, 0.1) is 0 Å². The second kappa shape index (κ2) is 4.19. The molecule has 2 unspecified atom stereocenters. The van der Waals surface area contributed by atoms with Gasteiger partial charge in [0.25, 0.3) is 0 Å². The van der Waals surface area contributed by atoms with Gasteiger partial charge in [-0.15, -0.1) is 0 Å². The molecule has 0 radical (unpaired) electrons. The van der Waals surface area contributed by atoms with Gasteiger partial charge in [0, 0.05) is 31.5 Å². The molecular formula is C12H24N2. The second-order valence-electron chi connectivity index (χ2n) is 4.70. The van der Waals surface area contributed by atoms with Crippen LogP contribution in [0, 0.1) is 0 Å². The van der Waals surface area contributed by atoms with E-state index in [1.54, 1.807) is 4.90 Å². The summed E-state index contributed by atoms with van der Waals surface area (Å²) in [7, 11) is 0. The van der Waals surface area contributed by atoms with E-state index in [2.05, 4.69) is 18.7 Å². The third-order valence-electron chi connectivity index (χ3n) is 3.66. The van der Waals surface area contributed by atoms with E-state index in [-0.39, 0.29) is 6.04 Å². The molecule has 0 bridgehead atoms. The largest absolute Gasteiger partial charge is 0.299 e. The van der Waals surface area contributed by atoms with E-state index < -0.39 is 13.3 Å². The van der Waals surface area contributed by atoms with Crippen molar-refractivity contribution in [2.24, 2.45) is 0 Å². The lowest BCUT2D eigenvalue weighted by Crippen LogP contribution is -2.50. The molecule has 2 saturated heterocycles. The molecule has 2 aliphatic heterocycles. The molecule has 0 N–H and O–H groups in total. The molecule has 0 aliphatic carbocycles. The highest BCUT2D eigenvalue weighted by molar-refractivity contribution is 4.97. The number of rotatable bonds is 2. The number of piperidine rings is 1. The topological polar surface area (TPSA) is 6.48 Å². The minimum Gasteiger partial charge on any atom is -0.299 e. The summed E-state index contributed by atoms with van der Waals surface area (Å²) in [6, 6.07) is 0.798. The number of nitrogens with zero attached hydrogens (tertiary/aromatic N) is 2. The fourth-order valence-corrected chi connectivity index (χ4v) is 3.00. The van der Waals surface area contributed by atoms with Gasteiger partial charge in [-0.05, 0) is 46.2 Å². The molecular weight excluding hydrogens is 172 g/mol. The fraction of sp³-hybridized carbons (Fsp3) is 1.00. The molecule has 2 rings (SSSR count). The number of hydrogen-bond donors (Lipinski definition) is 0. The van der Waals surface area contributed by atoms with Crippen LogP contribution in [0.15, 0.2) is 0 Å². The fourth-order valence-electron chi connectivity index (χ4n) is 3.00. The van der Waals surface area contributed by atoms with Gasteiger partial charge in [0.2, 0.25) is 0 Å². The summed E-state index contributed by atoms with van der Waals surface area (Å²) >= 11 is 0. The van der Waals surface area contributed by atoms with Crippen molar-refractivity contribution in [3.8, 4) is 0 Å². The van der Waals surface area contributed by atoms with Crippen LogP contribution < -0.4 is 0 Å². The van der Waals surface area contributed by atoms with Gasteiger partial charge < -0.3 is 0 Å². The smallest absolute Gasteiger partial charge is 0.0428 e. The molecule has 0 amide bonds. The van der Waals surface area contributed by atoms with Crippen molar-refractivity contribution in [3.05, 3.63) is 0 Å². The highest BCUT2D eigenvalue weighted by atomic mass is 15.3. The minimum absolute atomic E-state index is 0.0478. The normalized spacial score (nSPS) is 42.4. The predicted octanol–water partition coefficient (Wildman–Crippen LogP) is 1.95. The van der Waals surface area contributed by atoms with Gasteiger partial charge in [-0.25, -0.2) is 0 Å². The van der Waals surface area contributed by atoms with Crippen LogP contribution in [-0.4, -0.2) is 47.5 Å². The monoisotopic (exact) mass is 201 g/mol. The van der Waals surface area contributed by atoms with Crippen molar-refractivity contribution in [2.45, 2.75) is 58.1 Å². The van der Waals surface area contributed by atoms with Gasteiger partial charge in [0.1, 0.15) is 0 Å². The average molecular weight is 201 g/mol. The summed E-state index contributed by atoms with van der Waals surface area (Å²) in [4.78, 5) is 4.00. The van der Waals surface area contributed by atoms with E-state index in [0.717, 1.165) is 25.8 Å². The van der Waals surface area contributed by atoms with Crippen molar-refractivity contribution in [1.82, 2.24) is 9.80 Å². The summed E-state index contributed by atoms with van der Waals surface area (Å²) in [5.41, 5.74) is 0. The van der Waals surface area contributed by atoms with Crippen LogP contribution in [0.25, 0.3) is 0 Å². The van der Waals surface area contributed by atoms with E-state index >= 15 is 0 Å². The van der Waals surface area contributed by atoms with Crippen molar-refractivity contribution in [1.29, 1.82) is 0 Å². The third kappa shape index (κ3) is 1.70. The first-order chi connectivity index (χ1) is 8.66. The Morgan fingerprint density at radius 2 is 2.21 bits per heavy atom. The number of likely N-dealkylation sites (N-methyl/N-ethyl adjacent to an activating group) is 1. The first kappa shape index (κ1) is 5.86. The minimum atomic E-state index is -2.58. The Hall–Kier alpha value is -0.0800. The van der Waals surface area contributed by atoms with Gasteiger partial charge in [0.15, 0.2) is 0 Å². The molecule has 2 aliphatic rings. The Balaban J connectivity index is 2.20. The van der Waals surface area contributed by atoms with Crippen molar-refractivity contribution in [2.75, 3.05) is 19.6 Å². The molecule has 14 heavy (non-hydrogen) atoms. The number of likely N-dealkylation sites (tertiary alicyclic amines) is 2. The van der Waals surface area contributed by atoms with Gasteiger partial charge >= 0.3 is 0 Å². The zero-order chi connectivity index (χ0) is 14.4. The molecule has 0 aromatic carbocycles. The van der Waals surface area contributed by atoms with Crippen LogP contribution in [0.2, 0.25) is 0 Å². The summed E-state index contributed by atoms with van der Waals surface area (Å²) in [5.74, 6) is 0. The Morgan fingerprint density at radius 1 is 1.36 bits per heavy atom. The van der Waals surface area contributed by atoms with Crippen LogP contribution in [0.3, 0.4) is 0 Å². The third-order valence-corrected chi connectivity index (χ3v) is 3.66. The lowest BCUT2D eigenvalue weighted by atomic mass is 9.96. The zero-order valence-corrected chi connectivity index (χ0v) is 9.16. The molecule has 2 heteroatoms. The van der Waals surface area contributed by atoms with Crippen LogP contribution in [0.5, 0.6) is 0 Å². The Labute approximate surface area is 95.3 Å². The van der Waals surface area contributed by atoms with E-state index in [1.165, 1.54) is 0 Å². The molecule has 0 aromatic rings. The van der Waals surface area contributed by atoms with Crippen molar-refractivity contribution < 1.29 is 6.85 Å². The number of hydrogen-bond acceptors (Lipinski definition) is 2. The summed E-state index contributed by atoms with van der Waals surface area (Å²) < 4.78 is 38.4. The molecule has 0 saturated carbocycles. The van der Waals surface area contributed by atoms with Gasteiger partial charge in [-0.1, -0.05) is 6.85 Å². The molecule has 2 heterocycles. The first-order valence-electron chi connectivity index (χ1n) is 8.19. The maximum Gasteiger partial charge on any atom is 0.0428 e.